The van der Waals surface area contributed by atoms with Crippen molar-refractivity contribution in [3.05, 3.63) is 35.9 Å². The lowest BCUT2D eigenvalue weighted by Gasteiger charge is -2.65. The van der Waals surface area contributed by atoms with Crippen molar-refractivity contribution in [2.45, 2.75) is 94.9 Å². The normalized spacial score (nSPS) is 39.5. The first-order valence-corrected chi connectivity index (χ1v) is 14.2. The first kappa shape index (κ1) is 23.7. The van der Waals surface area contributed by atoms with E-state index in [9.17, 15) is 4.79 Å². The molecule has 4 heteroatoms. The van der Waals surface area contributed by atoms with Crippen LogP contribution < -0.4 is 11.1 Å². The van der Waals surface area contributed by atoms with E-state index >= 15 is 0 Å². The zero-order valence-corrected chi connectivity index (χ0v) is 21.0. The molecule has 182 valence electrons. The second-order valence-electron chi connectivity index (χ2n) is 12.2. The van der Waals surface area contributed by atoms with Crippen LogP contribution in [-0.4, -0.2) is 24.4 Å². The largest absolute Gasteiger partial charge is 0.353 e. The van der Waals surface area contributed by atoms with Gasteiger partial charge in [0.15, 0.2) is 0 Å². The highest BCUT2D eigenvalue weighted by Gasteiger charge is 2.60. The summed E-state index contributed by atoms with van der Waals surface area (Å²) in [6, 6.07) is 11.7. The van der Waals surface area contributed by atoms with Crippen LogP contribution in [0.3, 0.4) is 0 Å². The maximum Gasteiger partial charge on any atom is 0.220 e. The molecule has 6 rings (SSSR count). The molecule has 5 aliphatic carbocycles. The highest BCUT2D eigenvalue weighted by Crippen LogP contribution is 2.68. The molecular weight excluding hydrogens is 428 g/mol. The maximum absolute atomic E-state index is 12.5. The van der Waals surface area contributed by atoms with Gasteiger partial charge in [-0.05, 0) is 117 Å². The molecule has 5 aliphatic rings. The number of alkyl halides is 1. The Morgan fingerprint density at radius 2 is 1.70 bits per heavy atom. The van der Waals surface area contributed by atoms with Crippen LogP contribution in [0.1, 0.15) is 89.0 Å². The van der Waals surface area contributed by atoms with Crippen molar-refractivity contribution in [1.82, 2.24) is 5.32 Å². The Morgan fingerprint density at radius 1 is 1.00 bits per heavy atom. The molecular formula is C29H43ClN2O. The Kier molecular flexibility index (Phi) is 7.10. The first-order valence-electron chi connectivity index (χ1n) is 13.7. The molecule has 0 aliphatic heterocycles. The predicted octanol–water partition coefficient (Wildman–Crippen LogP) is 6.18. The van der Waals surface area contributed by atoms with Crippen molar-refractivity contribution in [2.75, 3.05) is 12.4 Å². The van der Waals surface area contributed by atoms with E-state index in [-0.39, 0.29) is 5.91 Å². The van der Waals surface area contributed by atoms with E-state index in [0.29, 0.717) is 29.2 Å². The molecule has 0 spiro atoms. The molecule has 5 saturated carbocycles. The minimum absolute atomic E-state index is 0.264. The van der Waals surface area contributed by atoms with Gasteiger partial charge >= 0.3 is 0 Å². The van der Waals surface area contributed by atoms with E-state index in [1.54, 1.807) is 5.56 Å². The summed E-state index contributed by atoms with van der Waals surface area (Å²) >= 11 is 6.63. The highest BCUT2D eigenvalue weighted by molar-refractivity contribution is 6.18. The molecule has 0 radical (unpaired) electrons. The third-order valence-corrected chi connectivity index (χ3v) is 10.6. The van der Waals surface area contributed by atoms with E-state index < -0.39 is 0 Å². The number of unbranched alkanes of at least 4 members (excludes halogenated alkanes) is 1. The summed E-state index contributed by atoms with van der Waals surface area (Å²) in [5.74, 6) is 4.23. The monoisotopic (exact) mass is 470 g/mol. The minimum atomic E-state index is 0.264. The van der Waals surface area contributed by atoms with Gasteiger partial charge in [-0.3, -0.25) is 4.79 Å². The first-order chi connectivity index (χ1) is 16.0. The van der Waals surface area contributed by atoms with Crippen LogP contribution in [0.2, 0.25) is 0 Å². The average Bonchev–Trinajstić information content (AvgIpc) is 2.84. The van der Waals surface area contributed by atoms with Gasteiger partial charge in [-0.25, -0.2) is 0 Å². The highest BCUT2D eigenvalue weighted by atomic mass is 35.5. The van der Waals surface area contributed by atoms with Gasteiger partial charge in [0, 0.05) is 18.3 Å². The van der Waals surface area contributed by atoms with Gasteiger partial charge in [0.2, 0.25) is 5.91 Å². The van der Waals surface area contributed by atoms with Crippen LogP contribution in [-0.2, 0) is 10.2 Å². The van der Waals surface area contributed by atoms with E-state index in [0.717, 1.165) is 49.4 Å². The molecule has 3 N–H and O–H groups in total. The Hall–Kier alpha value is -1.06. The van der Waals surface area contributed by atoms with E-state index in [4.69, 9.17) is 17.3 Å². The number of benzene rings is 1. The van der Waals surface area contributed by atoms with Crippen molar-refractivity contribution in [3.8, 4) is 0 Å². The second kappa shape index (κ2) is 9.90. The SMILES string of the molecule is NC[C@H]1CC[C@H](NC(=O)CCCCC2C3CC4(CCl)CC2CC(c2ccccc2)(C3)C4)CC1. The fourth-order valence-electron chi connectivity index (χ4n) is 8.69. The molecule has 5 fully saturated rings. The average molecular weight is 471 g/mol. The number of amides is 1. The number of nitrogens with one attached hydrogen (secondary N) is 1. The van der Waals surface area contributed by atoms with Gasteiger partial charge in [0.05, 0.1) is 0 Å². The zero-order chi connectivity index (χ0) is 22.9. The Labute approximate surface area is 205 Å². The van der Waals surface area contributed by atoms with Crippen molar-refractivity contribution in [1.29, 1.82) is 0 Å². The van der Waals surface area contributed by atoms with Gasteiger partial charge in [0.1, 0.15) is 0 Å². The van der Waals surface area contributed by atoms with Gasteiger partial charge in [-0.1, -0.05) is 36.8 Å². The Balaban J connectivity index is 1.12. The molecule has 4 bridgehead atoms. The molecule has 2 atom stereocenters. The molecule has 0 aromatic heterocycles. The second-order valence-corrected chi connectivity index (χ2v) is 12.5. The molecule has 2 unspecified atom stereocenters. The molecule has 1 aromatic carbocycles. The number of nitrogens with two attached hydrogens (primary N) is 1. The van der Waals surface area contributed by atoms with Gasteiger partial charge < -0.3 is 11.1 Å². The quantitative estimate of drug-likeness (QED) is 0.334. The molecule has 0 heterocycles. The minimum Gasteiger partial charge on any atom is -0.353 e. The summed E-state index contributed by atoms with van der Waals surface area (Å²) in [7, 11) is 0. The lowest BCUT2D eigenvalue weighted by Crippen LogP contribution is -2.58. The summed E-state index contributed by atoms with van der Waals surface area (Å²) in [5, 5.41) is 3.29. The molecule has 1 aromatic rings. The van der Waals surface area contributed by atoms with E-state index in [1.165, 1.54) is 57.8 Å². The number of hydrogen-bond acceptors (Lipinski definition) is 2. The van der Waals surface area contributed by atoms with Crippen LogP contribution in [0, 0.1) is 29.1 Å². The third-order valence-electron chi connectivity index (χ3n) is 10.0. The van der Waals surface area contributed by atoms with Gasteiger partial charge in [0.25, 0.3) is 0 Å². The van der Waals surface area contributed by atoms with Crippen LogP contribution in [0.25, 0.3) is 0 Å². The van der Waals surface area contributed by atoms with Crippen LogP contribution in [0.4, 0.5) is 0 Å². The summed E-state index contributed by atoms with van der Waals surface area (Å²) in [5.41, 5.74) is 8.08. The topological polar surface area (TPSA) is 55.1 Å². The van der Waals surface area contributed by atoms with E-state index in [1.807, 2.05) is 0 Å². The standard InChI is InChI=1S/C29H43ClN2O/c30-20-28-14-22-16-29(19-28,24-6-2-1-3-7-24)17-23(15-28)26(22)8-4-5-9-27(33)32-25-12-10-21(18-31)11-13-25/h1-3,6-7,21-23,25-26H,4-5,8-20,31H2,(H,32,33)/t21-,22?,23?,25-,26?,28?,29?. The van der Waals surface area contributed by atoms with Crippen LogP contribution >= 0.6 is 11.6 Å². The van der Waals surface area contributed by atoms with Crippen molar-refractivity contribution in [3.63, 3.8) is 0 Å². The predicted molar refractivity (Wildman–Crippen MR) is 136 cm³/mol. The molecule has 0 saturated heterocycles. The third kappa shape index (κ3) is 4.87. The lowest BCUT2D eigenvalue weighted by molar-refractivity contribution is -0.122. The fraction of sp³-hybridized carbons (Fsp3) is 0.759. The van der Waals surface area contributed by atoms with Crippen LogP contribution in [0.5, 0.6) is 0 Å². The zero-order valence-electron chi connectivity index (χ0n) is 20.2. The molecule has 33 heavy (non-hydrogen) atoms. The molecule has 3 nitrogen and oxygen atoms in total. The summed E-state index contributed by atoms with van der Waals surface area (Å²) in [4.78, 5) is 12.5. The van der Waals surface area contributed by atoms with Crippen molar-refractivity contribution >= 4 is 17.5 Å². The number of halogens is 1. The van der Waals surface area contributed by atoms with Crippen molar-refractivity contribution < 1.29 is 4.79 Å². The number of hydrogen-bond donors (Lipinski definition) is 2. The number of carbonyl (C=O) groups excluding carboxylic acids is 1. The summed E-state index contributed by atoms with van der Waals surface area (Å²) in [6.07, 6.45) is 15.4. The maximum atomic E-state index is 12.5. The number of rotatable bonds is 9. The fourth-order valence-corrected chi connectivity index (χ4v) is 9.00. The van der Waals surface area contributed by atoms with Gasteiger partial charge in [-0.15, -0.1) is 11.6 Å². The smallest absolute Gasteiger partial charge is 0.220 e. The van der Waals surface area contributed by atoms with Crippen LogP contribution in [0.15, 0.2) is 30.3 Å². The van der Waals surface area contributed by atoms with Gasteiger partial charge in [-0.2, -0.15) is 0 Å². The summed E-state index contributed by atoms with van der Waals surface area (Å²) in [6.45, 7) is 0.794. The number of carbonyl (C=O) groups is 1. The summed E-state index contributed by atoms with van der Waals surface area (Å²) < 4.78 is 0. The Bertz CT molecular complexity index is 787. The van der Waals surface area contributed by atoms with Crippen molar-refractivity contribution in [2.24, 2.45) is 34.8 Å². The molecule has 1 amide bonds. The van der Waals surface area contributed by atoms with E-state index in [2.05, 4.69) is 35.6 Å². The lowest BCUT2D eigenvalue weighted by atomic mass is 9.40. The Morgan fingerprint density at radius 3 is 2.33 bits per heavy atom.